The van der Waals surface area contributed by atoms with Crippen molar-refractivity contribution < 1.29 is 14.7 Å². The molecule has 28 heavy (non-hydrogen) atoms. The third-order valence-electron chi connectivity index (χ3n) is 4.22. The van der Waals surface area contributed by atoms with E-state index in [1.54, 1.807) is 30.3 Å². The van der Waals surface area contributed by atoms with E-state index in [9.17, 15) is 14.7 Å². The van der Waals surface area contributed by atoms with Crippen molar-refractivity contribution in [2.75, 3.05) is 11.9 Å². The Bertz CT molecular complexity index is 939. The Kier molecular flexibility index (Phi) is 6.49. The molecule has 2 N–H and O–H groups in total. The van der Waals surface area contributed by atoms with E-state index < -0.39 is 0 Å². The summed E-state index contributed by atoms with van der Waals surface area (Å²) in [6.07, 6.45) is 2.44. The number of aromatic hydroxyl groups is 1. The van der Waals surface area contributed by atoms with E-state index in [0.29, 0.717) is 34.2 Å². The first kappa shape index (κ1) is 20.1. The van der Waals surface area contributed by atoms with E-state index in [1.165, 1.54) is 16.7 Å². The molecule has 5 nitrogen and oxygen atoms in total. The molecule has 0 aromatic heterocycles. The molecule has 3 rings (SSSR count). The molecule has 0 atom stereocenters. The van der Waals surface area contributed by atoms with Crippen molar-refractivity contribution in [2.24, 2.45) is 0 Å². The van der Waals surface area contributed by atoms with Crippen molar-refractivity contribution in [3.8, 4) is 5.75 Å². The SMILES string of the molecule is Cc1ccc(NC(=O)CCCN2C(=O)/C(=C/c3ccccc3O)SC2=S)cc1. The number of rotatable bonds is 6. The minimum absolute atomic E-state index is 0.0981. The Hall–Kier alpha value is -2.64. The van der Waals surface area contributed by atoms with Crippen LogP contribution >= 0.6 is 24.0 Å². The molecule has 1 aliphatic heterocycles. The van der Waals surface area contributed by atoms with E-state index in [0.717, 1.165) is 11.3 Å². The van der Waals surface area contributed by atoms with E-state index in [2.05, 4.69) is 5.32 Å². The molecule has 2 aromatic rings. The molecule has 2 aromatic carbocycles. The topological polar surface area (TPSA) is 69.6 Å². The first-order chi connectivity index (χ1) is 13.4. The van der Waals surface area contributed by atoms with Crippen LogP contribution in [0, 0.1) is 6.92 Å². The average molecular weight is 413 g/mol. The number of benzene rings is 2. The molecule has 0 bridgehead atoms. The molecule has 7 heteroatoms. The number of phenols is 1. The number of anilines is 1. The maximum Gasteiger partial charge on any atom is 0.266 e. The van der Waals surface area contributed by atoms with Crippen LogP contribution in [0.3, 0.4) is 0 Å². The van der Waals surface area contributed by atoms with Crippen LogP contribution in [0.4, 0.5) is 5.69 Å². The predicted molar refractivity (Wildman–Crippen MR) is 117 cm³/mol. The number of hydrogen-bond acceptors (Lipinski definition) is 5. The Morgan fingerprint density at radius 1 is 1.21 bits per heavy atom. The third kappa shape index (κ3) is 4.99. The molecule has 2 amide bonds. The quantitative estimate of drug-likeness (QED) is 0.546. The first-order valence-electron chi connectivity index (χ1n) is 8.84. The highest BCUT2D eigenvalue weighted by molar-refractivity contribution is 8.26. The zero-order valence-corrected chi connectivity index (χ0v) is 17.0. The lowest BCUT2D eigenvalue weighted by atomic mass is 10.2. The van der Waals surface area contributed by atoms with Crippen molar-refractivity contribution in [1.82, 2.24) is 4.90 Å². The second-order valence-electron chi connectivity index (χ2n) is 6.41. The lowest BCUT2D eigenvalue weighted by Gasteiger charge is -2.14. The van der Waals surface area contributed by atoms with Gasteiger partial charge in [-0.15, -0.1) is 0 Å². The maximum atomic E-state index is 12.6. The van der Waals surface area contributed by atoms with Gasteiger partial charge in [-0.2, -0.15) is 0 Å². The first-order valence-corrected chi connectivity index (χ1v) is 10.1. The minimum atomic E-state index is -0.197. The summed E-state index contributed by atoms with van der Waals surface area (Å²) in [5.74, 6) is -0.184. The third-order valence-corrected chi connectivity index (χ3v) is 5.60. The van der Waals surface area contributed by atoms with Gasteiger partial charge in [0.25, 0.3) is 5.91 Å². The number of aryl methyl sites for hydroxylation is 1. The van der Waals surface area contributed by atoms with Gasteiger partial charge in [-0.1, -0.05) is 59.9 Å². The molecule has 1 saturated heterocycles. The number of para-hydroxylation sites is 1. The van der Waals surface area contributed by atoms with Crippen LogP contribution in [0.25, 0.3) is 6.08 Å². The second-order valence-corrected chi connectivity index (χ2v) is 8.09. The number of hydrogen-bond donors (Lipinski definition) is 2. The number of carbonyl (C=O) groups is 2. The lowest BCUT2D eigenvalue weighted by Crippen LogP contribution is -2.29. The zero-order chi connectivity index (χ0) is 20.1. The van der Waals surface area contributed by atoms with Gasteiger partial charge >= 0.3 is 0 Å². The van der Waals surface area contributed by atoms with Crippen LogP contribution in [-0.2, 0) is 9.59 Å². The van der Waals surface area contributed by atoms with Crippen LogP contribution in [-0.4, -0.2) is 32.7 Å². The summed E-state index contributed by atoms with van der Waals surface area (Å²) >= 11 is 6.51. The number of thiocarbonyl (C=S) groups is 1. The highest BCUT2D eigenvalue weighted by Crippen LogP contribution is 2.34. The molecule has 0 aliphatic carbocycles. The van der Waals surface area contributed by atoms with Crippen LogP contribution in [0.1, 0.15) is 24.0 Å². The summed E-state index contributed by atoms with van der Waals surface area (Å²) in [4.78, 5) is 26.7. The van der Waals surface area contributed by atoms with E-state index in [-0.39, 0.29) is 17.6 Å². The number of phenolic OH excluding ortho intramolecular Hbond substituents is 1. The van der Waals surface area contributed by atoms with E-state index in [4.69, 9.17) is 12.2 Å². The van der Waals surface area contributed by atoms with Gasteiger partial charge < -0.3 is 10.4 Å². The van der Waals surface area contributed by atoms with Crippen molar-refractivity contribution >= 4 is 51.9 Å². The van der Waals surface area contributed by atoms with Gasteiger partial charge in [0, 0.05) is 24.2 Å². The highest BCUT2D eigenvalue weighted by Gasteiger charge is 2.31. The molecular formula is C21H20N2O3S2. The lowest BCUT2D eigenvalue weighted by molar-refractivity contribution is -0.122. The smallest absolute Gasteiger partial charge is 0.266 e. The number of carbonyl (C=O) groups excluding carboxylic acids is 2. The predicted octanol–water partition coefficient (Wildman–Crippen LogP) is 4.32. The van der Waals surface area contributed by atoms with Crippen LogP contribution in [0.2, 0.25) is 0 Å². The van der Waals surface area contributed by atoms with Gasteiger partial charge in [-0.3, -0.25) is 14.5 Å². The summed E-state index contributed by atoms with van der Waals surface area (Å²) < 4.78 is 0.464. The molecule has 1 fully saturated rings. The molecule has 1 aliphatic rings. The maximum absolute atomic E-state index is 12.6. The van der Waals surface area contributed by atoms with Crippen LogP contribution in [0.5, 0.6) is 5.75 Å². The Balaban J connectivity index is 1.54. The summed E-state index contributed by atoms with van der Waals surface area (Å²) in [5.41, 5.74) is 2.46. The highest BCUT2D eigenvalue weighted by atomic mass is 32.2. The van der Waals surface area contributed by atoms with Crippen molar-refractivity contribution in [3.05, 3.63) is 64.6 Å². The van der Waals surface area contributed by atoms with E-state index in [1.807, 2.05) is 31.2 Å². The fourth-order valence-corrected chi connectivity index (χ4v) is 4.00. The molecule has 0 spiro atoms. The average Bonchev–Trinajstić information content (AvgIpc) is 2.93. The summed E-state index contributed by atoms with van der Waals surface area (Å²) in [5, 5.41) is 12.7. The number of thioether (sulfide) groups is 1. The molecule has 144 valence electrons. The van der Waals surface area contributed by atoms with Gasteiger partial charge in [0.05, 0.1) is 4.91 Å². The summed E-state index contributed by atoms with van der Waals surface area (Å²) in [6.45, 7) is 2.37. The largest absolute Gasteiger partial charge is 0.507 e. The van der Waals surface area contributed by atoms with Crippen molar-refractivity contribution in [3.63, 3.8) is 0 Å². The van der Waals surface area contributed by atoms with Gasteiger partial charge in [0.1, 0.15) is 10.1 Å². The second kappa shape index (κ2) is 9.03. The monoisotopic (exact) mass is 412 g/mol. The molecule has 0 radical (unpaired) electrons. The normalized spacial score (nSPS) is 15.3. The van der Waals surface area contributed by atoms with Crippen molar-refractivity contribution in [2.45, 2.75) is 19.8 Å². The number of nitrogens with one attached hydrogen (secondary N) is 1. The molecular weight excluding hydrogens is 392 g/mol. The van der Waals surface area contributed by atoms with Crippen molar-refractivity contribution in [1.29, 1.82) is 0 Å². The minimum Gasteiger partial charge on any atom is -0.507 e. The molecule has 1 heterocycles. The molecule has 0 unspecified atom stereocenters. The van der Waals surface area contributed by atoms with Gasteiger partial charge in [0.15, 0.2) is 0 Å². The molecule has 0 saturated carbocycles. The standard InChI is InChI=1S/C21H20N2O3S2/c1-14-8-10-16(11-9-14)22-19(25)7-4-12-23-20(26)18(28-21(23)27)13-15-5-2-3-6-17(15)24/h2-3,5-6,8-11,13,24H,4,7,12H2,1H3,(H,22,25)/b18-13-. The fourth-order valence-electron chi connectivity index (χ4n) is 2.70. The Labute approximate surface area is 173 Å². The van der Waals surface area contributed by atoms with Gasteiger partial charge in [-0.05, 0) is 37.6 Å². The number of nitrogens with zero attached hydrogens (tertiary/aromatic N) is 1. The zero-order valence-electron chi connectivity index (χ0n) is 15.3. The van der Waals surface area contributed by atoms with Gasteiger partial charge in [-0.25, -0.2) is 0 Å². The Morgan fingerprint density at radius 3 is 2.64 bits per heavy atom. The summed E-state index contributed by atoms with van der Waals surface area (Å²) in [6, 6.07) is 14.4. The van der Waals surface area contributed by atoms with Crippen LogP contribution < -0.4 is 5.32 Å². The number of amides is 2. The van der Waals surface area contributed by atoms with Gasteiger partial charge in [0.2, 0.25) is 5.91 Å². The van der Waals surface area contributed by atoms with Crippen LogP contribution in [0.15, 0.2) is 53.4 Å². The summed E-state index contributed by atoms with van der Waals surface area (Å²) in [7, 11) is 0. The fraction of sp³-hybridized carbons (Fsp3) is 0.190. The Morgan fingerprint density at radius 2 is 1.93 bits per heavy atom. The van der Waals surface area contributed by atoms with E-state index >= 15 is 0 Å².